The highest BCUT2D eigenvalue weighted by atomic mass is 16.5. The van der Waals surface area contributed by atoms with Crippen LogP contribution in [0.1, 0.15) is 51.9 Å². The Morgan fingerprint density at radius 3 is 2.76 bits per heavy atom. The smallest absolute Gasteiger partial charge is 0.309 e. The zero-order valence-corrected chi connectivity index (χ0v) is 13.0. The minimum Gasteiger partial charge on any atom is -0.462 e. The van der Waals surface area contributed by atoms with E-state index in [2.05, 4.69) is 19.1 Å². The largest absolute Gasteiger partial charge is 0.462 e. The molecule has 5 rings (SSSR count). The lowest BCUT2D eigenvalue weighted by Gasteiger charge is -2.44. The number of allylic oxidation sites excluding steroid dienone is 2. The van der Waals surface area contributed by atoms with E-state index in [1.54, 1.807) is 0 Å². The Labute approximate surface area is 127 Å². The summed E-state index contributed by atoms with van der Waals surface area (Å²) in [5, 5.41) is 0. The third-order valence-electron chi connectivity index (χ3n) is 7.94. The summed E-state index contributed by atoms with van der Waals surface area (Å²) in [6, 6.07) is 0. The Morgan fingerprint density at radius 2 is 1.95 bits per heavy atom. The maximum Gasteiger partial charge on any atom is 0.309 e. The molecule has 7 unspecified atom stereocenters. The van der Waals surface area contributed by atoms with Crippen LogP contribution in [0, 0.1) is 40.9 Å². The van der Waals surface area contributed by atoms with Crippen LogP contribution in [0.4, 0.5) is 0 Å². The number of ether oxygens (including phenoxy) is 1. The molecular weight excluding hydrogens is 260 g/mol. The standard InChI is InChI=1S/C19H26O2/c1-19-12-7-6-11(8-12)17(19)15-9-13(19)10-16(15)18(20)21-14-4-2-3-5-14/h6-7,11-17H,2-5,8-10H2,1H3. The summed E-state index contributed by atoms with van der Waals surface area (Å²) in [5.74, 6) is 4.10. The fraction of sp³-hybridized carbons (Fsp3) is 0.842. The van der Waals surface area contributed by atoms with Crippen molar-refractivity contribution in [2.24, 2.45) is 40.9 Å². The summed E-state index contributed by atoms with van der Waals surface area (Å²) in [6.07, 6.45) is 13.6. The lowest BCUT2D eigenvalue weighted by molar-refractivity contribution is -0.158. The second kappa shape index (κ2) is 4.14. The lowest BCUT2D eigenvalue weighted by Crippen LogP contribution is -2.42. The maximum absolute atomic E-state index is 12.7. The number of fused-ring (bicyclic) bond motifs is 9. The van der Waals surface area contributed by atoms with Crippen molar-refractivity contribution < 1.29 is 9.53 Å². The SMILES string of the molecule is CC12C3C=CC(C3)C1C1CC2CC1C(=O)OC1CCCC1. The van der Waals surface area contributed by atoms with Crippen molar-refractivity contribution in [3.8, 4) is 0 Å². The number of carbonyl (C=O) groups is 1. The predicted octanol–water partition coefficient (Wildman–Crippen LogP) is 3.96. The molecule has 0 aromatic carbocycles. The van der Waals surface area contributed by atoms with Crippen LogP contribution < -0.4 is 0 Å². The molecule has 4 saturated carbocycles. The van der Waals surface area contributed by atoms with Crippen molar-refractivity contribution in [2.45, 2.75) is 58.0 Å². The van der Waals surface area contributed by atoms with E-state index in [9.17, 15) is 4.79 Å². The van der Waals surface area contributed by atoms with E-state index < -0.39 is 0 Å². The first-order valence-corrected chi connectivity index (χ1v) is 9.06. The lowest BCUT2D eigenvalue weighted by atomic mass is 9.60. The highest BCUT2D eigenvalue weighted by Gasteiger charge is 2.68. The summed E-state index contributed by atoms with van der Waals surface area (Å²) >= 11 is 0. The molecule has 0 spiro atoms. The van der Waals surface area contributed by atoms with E-state index in [1.807, 2.05) is 0 Å². The van der Waals surface area contributed by atoms with Crippen LogP contribution in [0.3, 0.4) is 0 Å². The normalized spacial score (nSPS) is 53.6. The summed E-state index contributed by atoms with van der Waals surface area (Å²) in [4.78, 5) is 12.7. The van der Waals surface area contributed by atoms with Crippen LogP contribution in [0.15, 0.2) is 12.2 Å². The molecule has 21 heavy (non-hydrogen) atoms. The minimum absolute atomic E-state index is 0.156. The fourth-order valence-corrected chi connectivity index (χ4v) is 7.02. The van der Waals surface area contributed by atoms with Gasteiger partial charge in [-0.15, -0.1) is 0 Å². The Morgan fingerprint density at radius 1 is 1.14 bits per heavy atom. The van der Waals surface area contributed by atoms with Crippen LogP contribution in [-0.2, 0) is 9.53 Å². The van der Waals surface area contributed by atoms with E-state index in [0.29, 0.717) is 11.3 Å². The third kappa shape index (κ3) is 1.52. The molecule has 0 aliphatic heterocycles. The average molecular weight is 286 g/mol. The molecular formula is C19H26O2. The van der Waals surface area contributed by atoms with Gasteiger partial charge in [0.1, 0.15) is 6.10 Å². The molecule has 0 N–H and O–H groups in total. The molecule has 2 nitrogen and oxygen atoms in total. The van der Waals surface area contributed by atoms with Gasteiger partial charge in [0.25, 0.3) is 0 Å². The number of esters is 1. The van der Waals surface area contributed by atoms with E-state index in [1.165, 1.54) is 25.7 Å². The summed E-state index contributed by atoms with van der Waals surface area (Å²) in [5.41, 5.74) is 0.508. The van der Waals surface area contributed by atoms with Gasteiger partial charge in [-0.25, -0.2) is 0 Å². The molecule has 0 aromatic rings. The quantitative estimate of drug-likeness (QED) is 0.436. The van der Waals surface area contributed by atoms with Gasteiger partial charge in [0, 0.05) is 0 Å². The van der Waals surface area contributed by atoms with Gasteiger partial charge in [-0.2, -0.15) is 0 Å². The van der Waals surface area contributed by atoms with Gasteiger partial charge in [0.15, 0.2) is 0 Å². The second-order valence-electron chi connectivity index (χ2n) is 8.56. The molecule has 5 aliphatic carbocycles. The highest BCUT2D eigenvalue weighted by Crippen LogP contribution is 2.73. The zero-order valence-electron chi connectivity index (χ0n) is 13.0. The molecule has 4 bridgehead atoms. The fourth-order valence-electron chi connectivity index (χ4n) is 7.02. The van der Waals surface area contributed by atoms with E-state index in [-0.39, 0.29) is 18.0 Å². The van der Waals surface area contributed by atoms with Gasteiger partial charge in [-0.3, -0.25) is 4.79 Å². The summed E-state index contributed by atoms with van der Waals surface area (Å²) < 4.78 is 5.85. The molecule has 0 aromatic heterocycles. The molecule has 7 atom stereocenters. The van der Waals surface area contributed by atoms with Gasteiger partial charge in [0.2, 0.25) is 0 Å². The highest BCUT2D eigenvalue weighted by molar-refractivity contribution is 5.74. The van der Waals surface area contributed by atoms with Crippen LogP contribution in [0.2, 0.25) is 0 Å². The first-order chi connectivity index (χ1) is 10.2. The zero-order chi connectivity index (χ0) is 14.2. The number of carbonyl (C=O) groups excluding carboxylic acids is 1. The van der Waals surface area contributed by atoms with Gasteiger partial charge in [0.05, 0.1) is 5.92 Å². The van der Waals surface area contributed by atoms with Crippen molar-refractivity contribution in [2.75, 3.05) is 0 Å². The first-order valence-electron chi connectivity index (χ1n) is 9.06. The Bertz CT molecular complexity index is 504. The van der Waals surface area contributed by atoms with E-state index in [0.717, 1.165) is 42.9 Å². The van der Waals surface area contributed by atoms with Crippen LogP contribution >= 0.6 is 0 Å². The van der Waals surface area contributed by atoms with Gasteiger partial charge >= 0.3 is 5.97 Å². The molecule has 0 radical (unpaired) electrons. The van der Waals surface area contributed by atoms with E-state index >= 15 is 0 Å². The molecule has 4 fully saturated rings. The van der Waals surface area contributed by atoms with Crippen molar-refractivity contribution in [3.63, 3.8) is 0 Å². The number of hydrogen-bond donors (Lipinski definition) is 0. The van der Waals surface area contributed by atoms with Crippen LogP contribution in [-0.4, -0.2) is 12.1 Å². The average Bonchev–Trinajstić information content (AvgIpc) is 3.23. The summed E-state index contributed by atoms with van der Waals surface area (Å²) in [7, 11) is 0. The van der Waals surface area contributed by atoms with Crippen molar-refractivity contribution in [1.29, 1.82) is 0 Å². The predicted molar refractivity (Wildman–Crippen MR) is 80.4 cm³/mol. The third-order valence-corrected chi connectivity index (χ3v) is 7.94. The maximum atomic E-state index is 12.7. The molecule has 0 saturated heterocycles. The molecule has 0 heterocycles. The van der Waals surface area contributed by atoms with Crippen LogP contribution in [0.5, 0.6) is 0 Å². The van der Waals surface area contributed by atoms with Gasteiger partial charge in [-0.05, 0) is 80.0 Å². The van der Waals surface area contributed by atoms with E-state index in [4.69, 9.17) is 4.74 Å². The molecule has 2 heteroatoms. The molecule has 5 aliphatic rings. The number of hydrogen-bond acceptors (Lipinski definition) is 2. The molecule has 0 amide bonds. The van der Waals surface area contributed by atoms with Gasteiger partial charge in [-0.1, -0.05) is 19.1 Å². The summed E-state index contributed by atoms with van der Waals surface area (Å²) in [6.45, 7) is 2.52. The van der Waals surface area contributed by atoms with Crippen molar-refractivity contribution in [3.05, 3.63) is 12.2 Å². The topological polar surface area (TPSA) is 26.3 Å². The van der Waals surface area contributed by atoms with Crippen molar-refractivity contribution in [1.82, 2.24) is 0 Å². The van der Waals surface area contributed by atoms with Crippen LogP contribution in [0.25, 0.3) is 0 Å². The monoisotopic (exact) mass is 286 g/mol. The van der Waals surface area contributed by atoms with Gasteiger partial charge < -0.3 is 4.74 Å². The first kappa shape index (κ1) is 12.7. The Kier molecular flexibility index (Phi) is 2.51. The second-order valence-corrected chi connectivity index (χ2v) is 8.56. The van der Waals surface area contributed by atoms with Crippen molar-refractivity contribution >= 4 is 5.97 Å². The molecule has 114 valence electrons. The number of rotatable bonds is 2. The minimum atomic E-state index is 0.156. The Hall–Kier alpha value is -0.790. The Balaban J connectivity index is 1.36.